The first-order valence-electron chi connectivity index (χ1n) is 9.73. The summed E-state index contributed by atoms with van der Waals surface area (Å²) in [6.45, 7) is 1.82. The summed E-state index contributed by atoms with van der Waals surface area (Å²) in [5.74, 6) is -1.00. The molecule has 0 heterocycles. The second-order valence-corrected chi connectivity index (χ2v) is 7.36. The van der Waals surface area contributed by atoms with Crippen LogP contribution in [0.4, 0.5) is 8.78 Å². The van der Waals surface area contributed by atoms with Crippen LogP contribution in [-0.2, 0) is 19.1 Å². The molecule has 1 aliphatic rings. The van der Waals surface area contributed by atoms with Gasteiger partial charge in [-0.05, 0) is 44.2 Å². The molecule has 0 aromatic heterocycles. The molecule has 1 aromatic rings. The van der Waals surface area contributed by atoms with E-state index in [2.05, 4.69) is 5.32 Å². The van der Waals surface area contributed by atoms with Crippen LogP contribution in [0.25, 0.3) is 0 Å². The molecular formula is C21H26ClF2NO5. The predicted molar refractivity (Wildman–Crippen MR) is 108 cm³/mol. The molecule has 0 aliphatic heterocycles. The van der Waals surface area contributed by atoms with Crippen molar-refractivity contribution in [2.45, 2.75) is 44.6 Å². The Kier molecular flexibility index (Phi) is 9.52. The van der Waals surface area contributed by atoms with E-state index < -0.39 is 30.3 Å². The number of carbonyl (C=O) groups excluding carboxylic acids is 2. The molecular weight excluding hydrogens is 420 g/mol. The van der Waals surface area contributed by atoms with Crippen LogP contribution in [0.2, 0.25) is 5.02 Å². The molecule has 0 saturated heterocycles. The average Bonchev–Trinajstić information content (AvgIpc) is 3.03. The molecule has 0 bridgehead atoms. The molecule has 9 heteroatoms. The van der Waals surface area contributed by atoms with Crippen molar-refractivity contribution in [1.82, 2.24) is 5.32 Å². The summed E-state index contributed by atoms with van der Waals surface area (Å²) in [5.41, 5.74) is 0. The Hall–Kier alpha value is -2.19. The van der Waals surface area contributed by atoms with E-state index in [1.165, 1.54) is 7.11 Å². The molecule has 166 valence electrons. The SMILES string of the molecule is CCOC(=O)C=C(CNC(CC1C[C@@H](F)[C@@H](F)C1)C(=O)OC)Oc1ccccc1Cl. The Morgan fingerprint density at radius 2 is 1.93 bits per heavy atom. The summed E-state index contributed by atoms with van der Waals surface area (Å²) < 4.78 is 42.5. The molecule has 2 unspecified atom stereocenters. The fraction of sp³-hybridized carbons (Fsp3) is 0.524. The van der Waals surface area contributed by atoms with Gasteiger partial charge in [0.15, 0.2) is 0 Å². The number of halogens is 3. The number of hydrogen-bond donors (Lipinski definition) is 1. The highest BCUT2D eigenvalue weighted by atomic mass is 35.5. The van der Waals surface area contributed by atoms with Crippen LogP contribution in [0.5, 0.6) is 5.75 Å². The van der Waals surface area contributed by atoms with E-state index in [0.29, 0.717) is 10.8 Å². The van der Waals surface area contributed by atoms with Crippen molar-refractivity contribution in [2.24, 2.45) is 5.92 Å². The van der Waals surface area contributed by atoms with Crippen LogP contribution in [0, 0.1) is 5.92 Å². The van der Waals surface area contributed by atoms with Crippen molar-refractivity contribution < 1.29 is 32.6 Å². The average molecular weight is 446 g/mol. The van der Waals surface area contributed by atoms with Crippen molar-refractivity contribution in [3.63, 3.8) is 0 Å². The van der Waals surface area contributed by atoms with Gasteiger partial charge in [0.25, 0.3) is 0 Å². The lowest BCUT2D eigenvalue weighted by Gasteiger charge is -2.21. The number of alkyl halides is 2. The fourth-order valence-electron chi connectivity index (χ4n) is 3.28. The van der Waals surface area contributed by atoms with Gasteiger partial charge in [0, 0.05) is 0 Å². The maximum absolute atomic E-state index is 13.5. The Morgan fingerprint density at radius 1 is 1.27 bits per heavy atom. The van der Waals surface area contributed by atoms with E-state index in [1.54, 1.807) is 31.2 Å². The highest BCUT2D eigenvalue weighted by Crippen LogP contribution is 2.34. The van der Waals surface area contributed by atoms with Crippen molar-refractivity contribution in [1.29, 1.82) is 0 Å². The molecule has 0 amide bonds. The monoisotopic (exact) mass is 445 g/mol. The van der Waals surface area contributed by atoms with E-state index in [-0.39, 0.29) is 44.1 Å². The zero-order valence-corrected chi connectivity index (χ0v) is 17.7. The number of rotatable bonds is 10. The van der Waals surface area contributed by atoms with Crippen LogP contribution in [-0.4, -0.2) is 50.6 Å². The van der Waals surface area contributed by atoms with Crippen LogP contribution in [0.15, 0.2) is 36.1 Å². The normalized spacial score (nSPS) is 22.4. The summed E-state index contributed by atoms with van der Waals surface area (Å²) in [6.07, 6.45) is -1.58. The molecule has 6 nitrogen and oxygen atoms in total. The largest absolute Gasteiger partial charge is 0.468 e. The van der Waals surface area contributed by atoms with Crippen molar-refractivity contribution in [3.05, 3.63) is 41.1 Å². The minimum atomic E-state index is -1.52. The molecule has 0 radical (unpaired) electrons. The Balaban J connectivity index is 2.10. The Labute approximate surface area is 179 Å². The van der Waals surface area contributed by atoms with Gasteiger partial charge in [0.1, 0.15) is 29.9 Å². The minimum Gasteiger partial charge on any atom is -0.468 e. The van der Waals surface area contributed by atoms with Gasteiger partial charge in [-0.1, -0.05) is 23.7 Å². The van der Waals surface area contributed by atoms with Crippen molar-refractivity contribution in [2.75, 3.05) is 20.3 Å². The summed E-state index contributed by atoms with van der Waals surface area (Å²) >= 11 is 6.11. The second kappa shape index (κ2) is 11.9. The smallest absolute Gasteiger partial charge is 0.334 e. The van der Waals surface area contributed by atoms with Crippen LogP contribution in [0.3, 0.4) is 0 Å². The standard InChI is InChI=1S/C21H26ClF2NO5/c1-3-29-20(26)11-14(30-19-7-5-4-6-15(19)22)12-25-18(21(27)28-2)10-13-8-16(23)17(24)9-13/h4-7,11,13,16-18,25H,3,8-10,12H2,1-2H3/t13?,16-,17+,18?. The number of carbonyl (C=O) groups is 2. The quantitative estimate of drug-likeness (QED) is 0.336. The molecule has 1 aromatic carbocycles. The number of para-hydroxylation sites is 1. The van der Waals surface area contributed by atoms with E-state index in [9.17, 15) is 18.4 Å². The molecule has 30 heavy (non-hydrogen) atoms. The number of hydrogen-bond acceptors (Lipinski definition) is 6. The molecule has 1 N–H and O–H groups in total. The molecule has 0 spiro atoms. The summed E-state index contributed by atoms with van der Waals surface area (Å²) in [6, 6.07) is 5.88. The summed E-state index contributed by atoms with van der Waals surface area (Å²) in [4.78, 5) is 24.1. The number of nitrogens with one attached hydrogen (secondary N) is 1. The first-order valence-corrected chi connectivity index (χ1v) is 10.1. The van der Waals surface area contributed by atoms with Gasteiger partial charge in [-0.25, -0.2) is 13.6 Å². The maximum atomic E-state index is 13.5. The van der Waals surface area contributed by atoms with Crippen molar-refractivity contribution >= 4 is 23.5 Å². The third-order valence-corrected chi connectivity index (χ3v) is 5.04. The highest BCUT2D eigenvalue weighted by molar-refractivity contribution is 6.32. The maximum Gasteiger partial charge on any atom is 0.334 e. The lowest BCUT2D eigenvalue weighted by atomic mass is 9.98. The molecule has 4 atom stereocenters. The minimum absolute atomic E-state index is 0.0331. The first kappa shape index (κ1) is 24.1. The van der Waals surface area contributed by atoms with Gasteiger partial charge in [-0.3, -0.25) is 10.1 Å². The van der Waals surface area contributed by atoms with Gasteiger partial charge in [0.2, 0.25) is 0 Å². The van der Waals surface area contributed by atoms with E-state index in [1.807, 2.05) is 0 Å². The van der Waals surface area contributed by atoms with Crippen LogP contribution >= 0.6 is 11.6 Å². The van der Waals surface area contributed by atoms with Gasteiger partial charge in [-0.15, -0.1) is 0 Å². The number of benzene rings is 1. The zero-order valence-electron chi connectivity index (χ0n) is 16.9. The number of esters is 2. The Morgan fingerprint density at radius 3 is 2.53 bits per heavy atom. The topological polar surface area (TPSA) is 73.9 Å². The zero-order chi connectivity index (χ0) is 22.1. The Bertz CT molecular complexity index is 751. The number of methoxy groups -OCH3 is 1. The van der Waals surface area contributed by atoms with Gasteiger partial charge in [-0.2, -0.15) is 0 Å². The van der Waals surface area contributed by atoms with E-state index in [4.69, 9.17) is 25.8 Å². The van der Waals surface area contributed by atoms with Gasteiger partial charge < -0.3 is 14.2 Å². The molecule has 1 fully saturated rings. The second-order valence-electron chi connectivity index (χ2n) is 6.96. The van der Waals surface area contributed by atoms with Crippen molar-refractivity contribution in [3.8, 4) is 5.75 Å². The molecule has 1 aliphatic carbocycles. The first-order chi connectivity index (χ1) is 14.3. The predicted octanol–water partition coefficient (Wildman–Crippen LogP) is 3.77. The van der Waals surface area contributed by atoms with Crippen LogP contribution < -0.4 is 10.1 Å². The third-order valence-electron chi connectivity index (χ3n) is 4.73. The van der Waals surface area contributed by atoms with Gasteiger partial charge in [0.05, 0.1) is 31.4 Å². The molecule has 2 rings (SSSR count). The fourth-order valence-corrected chi connectivity index (χ4v) is 3.46. The molecule has 1 saturated carbocycles. The van der Waals surface area contributed by atoms with Crippen LogP contribution in [0.1, 0.15) is 26.2 Å². The third kappa shape index (κ3) is 7.25. The highest BCUT2D eigenvalue weighted by Gasteiger charge is 2.37. The van der Waals surface area contributed by atoms with E-state index in [0.717, 1.165) is 6.08 Å². The van der Waals surface area contributed by atoms with E-state index >= 15 is 0 Å². The number of ether oxygens (including phenoxy) is 3. The lowest BCUT2D eigenvalue weighted by Crippen LogP contribution is -2.40. The lowest BCUT2D eigenvalue weighted by molar-refractivity contribution is -0.143. The van der Waals surface area contributed by atoms with Gasteiger partial charge >= 0.3 is 11.9 Å². The summed E-state index contributed by atoms with van der Waals surface area (Å²) in [7, 11) is 1.23. The summed E-state index contributed by atoms with van der Waals surface area (Å²) in [5, 5.41) is 3.29.